The minimum Gasteiger partial charge on any atom is -0.507 e. The second-order valence-electron chi connectivity index (χ2n) is 5.04. The Morgan fingerprint density at radius 2 is 1.55 bits per heavy atom. The topological polar surface area (TPSA) is 49.3 Å². The Bertz CT molecular complexity index is 813. The summed E-state index contributed by atoms with van der Waals surface area (Å²) >= 11 is 0. The molecular weight excluding hydrogens is 285 g/mol. The van der Waals surface area contributed by atoms with Crippen molar-refractivity contribution < 1.29 is 39.5 Å². The maximum absolute atomic E-state index is 12.3. The number of anilines is 1. The van der Waals surface area contributed by atoms with Gasteiger partial charge in [0.05, 0.1) is 5.56 Å². The molecule has 3 aromatic carbocycles. The number of carbonyl (C=O) groups is 1. The number of rotatable bonds is 2. The van der Waals surface area contributed by atoms with E-state index < -0.39 is 0 Å². The molecule has 0 unspecified atom stereocenters. The number of hydrogen-bond donors (Lipinski definition) is 2. The smallest absolute Gasteiger partial charge is 0.507 e. The maximum atomic E-state index is 12.3. The molecule has 0 aliphatic heterocycles. The molecular formula is C18H15NNaO2+. The van der Waals surface area contributed by atoms with Gasteiger partial charge < -0.3 is 10.4 Å². The molecule has 104 valence electrons. The molecule has 0 saturated carbocycles. The zero-order chi connectivity index (χ0) is 14.8. The zero-order valence-electron chi connectivity index (χ0n) is 12.6. The summed E-state index contributed by atoms with van der Waals surface area (Å²) in [5.41, 5.74) is 2.11. The van der Waals surface area contributed by atoms with Crippen LogP contribution in [0.2, 0.25) is 0 Å². The van der Waals surface area contributed by atoms with Crippen molar-refractivity contribution in [1.29, 1.82) is 0 Å². The van der Waals surface area contributed by atoms with E-state index in [0.29, 0.717) is 5.69 Å². The third-order valence-corrected chi connectivity index (χ3v) is 3.42. The van der Waals surface area contributed by atoms with E-state index in [9.17, 15) is 9.90 Å². The van der Waals surface area contributed by atoms with Crippen molar-refractivity contribution in [3.63, 3.8) is 0 Å². The van der Waals surface area contributed by atoms with E-state index in [1.165, 1.54) is 0 Å². The molecule has 0 aliphatic rings. The molecule has 0 heterocycles. The van der Waals surface area contributed by atoms with Crippen molar-refractivity contribution in [3.8, 4) is 5.75 Å². The third-order valence-electron chi connectivity index (χ3n) is 3.42. The van der Waals surface area contributed by atoms with Crippen LogP contribution in [0.5, 0.6) is 5.75 Å². The van der Waals surface area contributed by atoms with Gasteiger partial charge in [0.25, 0.3) is 5.91 Å². The second-order valence-corrected chi connectivity index (χ2v) is 5.04. The van der Waals surface area contributed by atoms with Gasteiger partial charge in [-0.2, -0.15) is 0 Å². The fourth-order valence-corrected chi connectivity index (χ4v) is 2.25. The van der Waals surface area contributed by atoms with Gasteiger partial charge in [0.15, 0.2) is 0 Å². The number of fused-ring (bicyclic) bond motifs is 1. The largest absolute Gasteiger partial charge is 1.00 e. The molecule has 0 atom stereocenters. The number of hydrogen-bond acceptors (Lipinski definition) is 2. The second kappa shape index (κ2) is 6.97. The number of carbonyl (C=O) groups excluding carboxylic acids is 1. The van der Waals surface area contributed by atoms with Crippen LogP contribution in [0, 0.1) is 6.92 Å². The van der Waals surface area contributed by atoms with E-state index in [4.69, 9.17) is 0 Å². The van der Waals surface area contributed by atoms with Crippen LogP contribution in [-0.2, 0) is 0 Å². The maximum Gasteiger partial charge on any atom is 1.00 e. The summed E-state index contributed by atoms with van der Waals surface area (Å²) in [6.07, 6.45) is 0. The molecule has 3 aromatic rings. The fraction of sp³-hybridized carbons (Fsp3) is 0.0556. The number of amides is 1. The summed E-state index contributed by atoms with van der Waals surface area (Å²) in [5.74, 6) is -0.333. The van der Waals surface area contributed by atoms with Gasteiger partial charge in [-0.3, -0.25) is 4.79 Å². The minimum atomic E-state index is -0.317. The summed E-state index contributed by atoms with van der Waals surface area (Å²) in [6, 6.07) is 18.5. The standard InChI is InChI=1S/C18H15NO2.Na/c1-12-6-8-15(9-7-12)19-18(21)16-10-13-4-2-3-5-14(13)11-17(16)20;/h2-11,20H,1H3,(H,19,21);/q;+1. The molecule has 3 rings (SSSR count). The molecule has 0 saturated heterocycles. The number of nitrogens with one attached hydrogen (secondary N) is 1. The minimum absolute atomic E-state index is 0. The van der Waals surface area contributed by atoms with Gasteiger partial charge in [0.1, 0.15) is 5.75 Å². The van der Waals surface area contributed by atoms with Gasteiger partial charge in [0, 0.05) is 5.69 Å². The van der Waals surface area contributed by atoms with Crippen molar-refractivity contribution in [2.24, 2.45) is 0 Å². The van der Waals surface area contributed by atoms with Gasteiger partial charge in [-0.1, -0.05) is 42.0 Å². The van der Waals surface area contributed by atoms with E-state index in [0.717, 1.165) is 16.3 Å². The van der Waals surface area contributed by atoms with Crippen LogP contribution < -0.4 is 34.9 Å². The van der Waals surface area contributed by atoms with Crippen LogP contribution in [0.4, 0.5) is 5.69 Å². The quantitative estimate of drug-likeness (QED) is 0.697. The molecule has 22 heavy (non-hydrogen) atoms. The third kappa shape index (κ3) is 3.50. The van der Waals surface area contributed by atoms with E-state index in [1.54, 1.807) is 12.1 Å². The van der Waals surface area contributed by atoms with Gasteiger partial charge >= 0.3 is 29.6 Å². The van der Waals surface area contributed by atoms with Crippen molar-refractivity contribution in [2.45, 2.75) is 6.92 Å². The predicted molar refractivity (Wildman–Crippen MR) is 84.7 cm³/mol. The molecule has 3 nitrogen and oxygen atoms in total. The Morgan fingerprint density at radius 3 is 2.18 bits per heavy atom. The first kappa shape index (κ1) is 16.6. The number of phenols is 1. The summed E-state index contributed by atoms with van der Waals surface area (Å²) in [6.45, 7) is 1.99. The first-order valence-electron chi connectivity index (χ1n) is 6.73. The first-order chi connectivity index (χ1) is 10.1. The van der Waals surface area contributed by atoms with Gasteiger partial charge in [0.2, 0.25) is 0 Å². The molecule has 4 heteroatoms. The van der Waals surface area contributed by atoms with Crippen LogP contribution in [0.25, 0.3) is 10.8 Å². The van der Waals surface area contributed by atoms with E-state index in [2.05, 4.69) is 5.32 Å². The van der Waals surface area contributed by atoms with E-state index in [1.807, 2.05) is 55.5 Å². The number of benzene rings is 3. The number of phenolic OH excluding ortho intramolecular Hbond substituents is 1. The monoisotopic (exact) mass is 300 g/mol. The average Bonchev–Trinajstić information content (AvgIpc) is 2.49. The van der Waals surface area contributed by atoms with Gasteiger partial charge in [-0.15, -0.1) is 0 Å². The van der Waals surface area contributed by atoms with Crippen molar-refractivity contribution in [1.82, 2.24) is 0 Å². The summed E-state index contributed by atoms with van der Waals surface area (Å²) in [7, 11) is 0. The molecule has 1 amide bonds. The van der Waals surface area contributed by atoms with E-state index >= 15 is 0 Å². The van der Waals surface area contributed by atoms with Gasteiger partial charge in [-0.05, 0) is 42.0 Å². The Kier molecular flexibility index (Phi) is 5.24. The Morgan fingerprint density at radius 1 is 0.955 bits per heavy atom. The molecule has 0 bridgehead atoms. The molecule has 2 N–H and O–H groups in total. The Balaban J connectivity index is 0.00000176. The molecule has 0 fully saturated rings. The SMILES string of the molecule is Cc1ccc(NC(=O)c2cc3ccccc3cc2O)cc1.[Na+]. The zero-order valence-corrected chi connectivity index (χ0v) is 14.6. The Labute approximate surface area is 151 Å². The van der Waals surface area contributed by atoms with Crippen LogP contribution in [0.3, 0.4) is 0 Å². The Hall–Kier alpha value is -1.81. The molecule has 0 radical (unpaired) electrons. The predicted octanol–water partition coefficient (Wildman–Crippen LogP) is 1.11. The summed E-state index contributed by atoms with van der Waals surface area (Å²) < 4.78 is 0. The molecule has 0 aromatic heterocycles. The number of aryl methyl sites for hydroxylation is 1. The van der Waals surface area contributed by atoms with Crippen LogP contribution in [-0.4, -0.2) is 11.0 Å². The summed E-state index contributed by atoms with van der Waals surface area (Å²) in [5, 5.41) is 14.7. The van der Waals surface area contributed by atoms with Crippen LogP contribution in [0.1, 0.15) is 15.9 Å². The summed E-state index contributed by atoms with van der Waals surface area (Å²) in [4.78, 5) is 12.3. The normalized spacial score (nSPS) is 10.0. The fourth-order valence-electron chi connectivity index (χ4n) is 2.25. The van der Waals surface area contributed by atoms with E-state index in [-0.39, 0.29) is 46.8 Å². The number of aromatic hydroxyl groups is 1. The van der Waals surface area contributed by atoms with Crippen molar-refractivity contribution in [3.05, 3.63) is 71.8 Å². The average molecular weight is 300 g/mol. The molecule has 0 spiro atoms. The van der Waals surface area contributed by atoms with Crippen LogP contribution >= 0.6 is 0 Å². The first-order valence-corrected chi connectivity index (χ1v) is 6.73. The molecule has 0 aliphatic carbocycles. The van der Waals surface area contributed by atoms with Crippen LogP contribution in [0.15, 0.2) is 60.7 Å². The van der Waals surface area contributed by atoms with Crippen molar-refractivity contribution >= 4 is 22.4 Å². The van der Waals surface area contributed by atoms with Gasteiger partial charge in [-0.25, -0.2) is 0 Å². The van der Waals surface area contributed by atoms with Crippen molar-refractivity contribution in [2.75, 3.05) is 5.32 Å².